The molecule has 0 saturated carbocycles. The normalized spacial score (nSPS) is 20.6. The Bertz CT molecular complexity index is 2250. The van der Waals surface area contributed by atoms with Gasteiger partial charge >= 0.3 is 17.9 Å². The van der Waals surface area contributed by atoms with E-state index in [1.807, 2.05) is 134 Å². The summed E-state index contributed by atoms with van der Waals surface area (Å²) in [5.41, 5.74) is 6.20. The standard InChI is InChI=1S/C38H52O10.C19H26O4/c1-8-9-13-25(2)14-10-11-15-26(3)16-12-17-27(4)18-19-29-28(5)35(44)32(22-38(29,6)7)48-34(43)21-20-33(42)47-24-31(41)37(46)36(45)30(40)23-39;1-12(2)7-9-15-14(4)18(22)16(11-19(15,5)6)23-17(21)10-8-13(3)20/h8-19,30-32,36-37,39-41,45-46H,1,20-24H2,2-7H3;7,9,16H,1,8,10-11H2,2-6H3/b11-10+,13-9+,16-12+,19-18+,25-14+,26-15+,27-17+;9-7+. The van der Waals surface area contributed by atoms with E-state index in [1.165, 1.54) is 6.92 Å². The van der Waals surface area contributed by atoms with Crippen LogP contribution < -0.4 is 0 Å². The molecule has 390 valence electrons. The predicted molar refractivity (Wildman–Crippen MR) is 275 cm³/mol. The molecular weight excluding hydrogens is 909 g/mol. The van der Waals surface area contributed by atoms with Gasteiger partial charge in [0, 0.05) is 19.3 Å². The Morgan fingerprint density at radius 1 is 0.620 bits per heavy atom. The molecule has 0 bridgehead atoms. The second-order valence-electron chi connectivity index (χ2n) is 19.2. The van der Waals surface area contributed by atoms with Crippen molar-refractivity contribution in [1.29, 1.82) is 0 Å². The molecule has 0 amide bonds. The Morgan fingerprint density at radius 3 is 1.48 bits per heavy atom. The summed E-state index contributed by atoms with van der Waals surface area (Å²) in [6.07, 6.45) is 18.3. The Labute approximate surface area is 420 Å². The number of carbonyl (C=O) groups is 6. The number of hydrogen-bond acceptors (Lipinski definition) is 14. The van der Waals surface area contributed by atoms with Crippen molar-refractivity contribution in [3.05, 3.63) is 143 Å². The third kappa shape index (κ3) is 22.8. The van der Waals surface area contributed by atoms with Crippen LogP contribution in [0, 0.1) is 10.8 Å². The molecule has 71 heavy (non-hydrogen) atoms. The first-order valence-electron chi connectivity index (χ1n) is 23.6. The van der Waals surface area contributed by atoms with Crippen molar-refractivity contribution in [1.82, 2.24) is 0 Å². The van der Waals surface area contributed by atoms with Gasteiger partial charge in [-0.2, -0.15) is 0 Å². The summed E-state index contributed by atoms with van der Waals surface area (Å²) >= 11 is 0. The number of hydrogen-bond donors (Lipinski definition) is 5. The molecule has 14 nitrogen and oxygen atoms in total. The van der Waals surface area contributed by atoms with E-state index in [4.69, 9.17) is 19.3 Å². The van der Waals surface area contributed by atoms with Crippen LogP contribution in [0.1, 0.15) is 115 Å². The van der Waals surface area contributed by atoms with Crippen LogP contribution in [-0.2, 0) is 43.0 Å². The minimum Gasteiger partial charge on any atom is -0.463 e. The lowest BCUT2D eigenvalue weighted by Gasteiger charge is -2.36. The summed E-state index contributed by atoms with van der Waals surface area (Å²) in [7, 11) is 0. The van der Waals surface area contributed by atoms with Gasteiger partial charge < -0.3 is 44.5 Å². The topological polar surface area (TPSA) is 231 Å². The molecule has 0 aliphatic heterocycles. The van der Waals surface area contributed by atoms with Crippen LogP contribution in [-0.4, -0.2) is 111 Å². The van der Waals surface area contributed by atoms with Gasteiger partial charge in [-0.1, -0.05) is 148 Å². The van der Waals surface area contributed by atoms with Crippen LogP contribution in [0.15, 0.2) is 143 Å². The van der Waals surface area contributed by atoms with E-state index in [9.17, 15) is 49.2 Å². The van der Waals surface area contributed by atoms with Gasteiger partial charge in [0.25, 0.3) is 0 Å². The molecule has 14 heteroatoms. The first-order valence-corrected chi connectivity index (χ1v) is 23.6. The Balaban J connectivity index is 0.000000911. The van der Waals surface area contributed by atoms with Crippen LogP contribution in [0.3, 0.4) is 0 Å². The zero-order valence-electron chi connectivity index (χ0n) is 43.5. The molecular formula is C57H78O14. The van der Waals surface area contributed by atoms with E-state index < -0.39 is 79.6 Å². The van der Waals surface area contributed by atoms with Crippen molar-refractivity contribution in [3.63, 3.8) is 0 Å². The molecule has 6 unspecified atom stereocenters. The summed E-state index contributed by atoms with van der Waals surface area (Å²) in [4.78, 5) is 72.9. The lowest BCUT2D eigenvalue weighted by Crippen LogP contribution is -2.47. The molecule has 0 spiro atoms. The second kappa shape index (κ2) is 30.8. The van der Waals surface area contributed by atoms with Crippen molar-refractivity contribution in [2.75, 3.05) is 13.2 Å². The highest BCUT2D eigenvalue weighted by Crippen LogP contribution is 2.42. The van der Waals surface area contributed by atoms with Crippen LogP contribution in [0.2, 0.25) is 0 Å². The van der Waals surface area contributed by atoms with E-state index in [1.54, 1.807) is 19.9 Å². The average Bonchev–Trinajstić information content (AvgIpc) is 3.29. The van der Waals surface area contributed by atoms with Crippen molar-refractivity contribution in [2.45, 2.75) is 151 Å². The maximum atomic E-state index is 13.1. The minimum absolute atomic E-state index is 0.0186. The number of allylic oxidation sites excluding steroid dienone is 20. The van der Waals surface area contributed by atoms with Crippen LogP contribution in [0.25, 0.3) is 0 Å². The first kappa shape index (κ1) is 63.1. The highest BCUT2D eigenvalue weighted by molar-refractivity contribution is 6.02. The van der Waals surface area contributed by atoms with Gasteiger partial charge in [0.1, 0.15) is 36.8 Å². The number of carbonyl (C=O) groups excluding carboxylic acids is 6. The van der Waals surface area contributed by atoms with Gasteiger partial charge in [-0.05, 0) is 81.6 Å². The molecule has 0 fully saturated rings. The third-order valence-electron chi connectivity index (χ3n) is 11.6. The Hall–Kier alpha value is -5.90. The van der Waals surface area contributed by atoms with Gasteiger partial charge in [-0.25, -0.2) is 0 Å². The van der Waals surface area contributed by atoms with Gasteiger partial charge in [0.2, 0.25) is 0 Å². The molecule has 0 aromatic rings. The van der Waals surface area contributed by atoms with Crippen LogP contribution in [0.4, 0.5) is 0 Å². The summed E-state index contributed by atoms with van der Waals surface area (Å²) in [5.74, 6) is -2.70. The van der Waals surface area contributed by atoms with Gasteiger partial charge in [0.15, 0.2) is 23.8 Å². The molecule has 2 aliphatic carbocycles. The molecule has 0 radical (unpaired) electrons. The highest BCUT2D eigenvalue weighted by atomic mass is 16.6. The molecule has 2 rings (SSSR count). The zero-order valence-corrected chi connectivity index (χ0v) is 43.5. The summed E-state index contributed by atoms with van der Waals surface area (Å²) in [6, 6.07) is 0. The quantitative estimate of drug-likeness (QED) is 0.0351. The fourth-order valence-electron chi connectivity index (χ4n) is 7.41. The smallest absolute Gasteiger partial charge is 0.307 e. The fraction of sp³-hybridized carbons (Fsp3) is 0.474. The third-order valence-corrected chi connectivity index (χ3v) is 11.6. The van der Waals surface area contributed by atoms with E-state index in [0.29, 0.717) is 17.6 Å². The van der Waals surface area contributed by atoms with Crippen molar-refractivity contribution in [3.8, 4) is 0 Å². The molecule has 6 atom stereocenters. The number of ether oxygens (including phenoxy) is 3. The molecule has 0 saturated heterocycles. The number of aliphatic hydroxyl groups excluding tert-OH is 5. The summed E-state index contributed by atoms with van der Waals surface area (Å²) in [5, 5.41) is 47.5. The van der Waals surface area contributed by atoms with Crippen molar-refractivity contribution < 1.29 is 68.5 Å². The minimum atomic E-state index is -1.88. The van der Waals surface area contributed by atoms with E-state index in [2.05, 4.69) is 13.2 Å². The van der Waals surface area contributed by atoms with Gasteiger partial charge in [-0.3, -0.25) is 24.0 Å². The number of esters is 3. The zero-order chi connectivity index (χ0) is 54.2. The average molecular weight is 987 g/mol. The molecule has 0 aromatic heterocycles. The van der Waals surface area contributed by atoms with Crippen molar-refractivity contribution >= 4 is 35.3 Å². The Kier molecular flexibility index (Phi) is 27.3. The molecule has 0 heterocycles. The monoisotopic (exact) mass is 987 g/mol. The molecule has 5 N–H and O–H groups in total. The molecule has 2 aliphatic rings. The number of rotatable bonds is 24. The SMILES string of the molecule is C=C(C)/C=C/C1=C(C)C(=O)C(OC(=O)CCC(C)=O)CC1(C)C.C=C/C=C/C(C)=C/C=C/C=C(C)/C=C/C=C(C)/C=C/C1=C(C)C(=O)C(OC(=O)CCC(=O)OCC(O)C(O)C(O)C(O)CO)CC1(C)C. The van der Waals surface area contributed by atoms with Gasteiger partial charge in [-0.15, -0.1) is 0 Å². The van der Waals surface area contributed by atoms with E-state index in [-0.39, 0.29) is 48.4 Å². The fourth-order valence-corrected chi connectivity index (χ4v) is 7.41. The highest BCUT2D eigenvalue weighted by Gasteiger charge is 2.41. The lowest BCUT2D eigenvalue weighted by atomic mass is 9.71. The van der Waals surface area contributed by atoms with Crippen LogP contribution in [0.5, 0.6) is 0 Å². The maximum Gasteiger partial charge on any atom is 0.307 e. The summed E-state index contributed by atoms with van der Waals surface area (Å²) in [6.45, 7) is 26.7. The van der Waals surface area contributed by atoms with E-state index >= 15 is 0 Å². The lowest BCUT2D eigenvalue weighted by molar-refractivity contribution is -0.161. The number of aliphatic hydroxyl groups is 5. The Morgan fingerprint density at radius 2 is 1.03 bits per heavy atom. The second-order valence-corrected chi connectivity index (χ2v) is 19.2. The number of ketones is 3. The summed E-state index contributed by atoms with van der Waals surface area (Å²) < 4.78 is 15.6. The van der Waals surface area contributed by atoms with E-state index in [0.717, 1.165) is 33.4 Å². The van der Waals surface area contributed by atoms with Crippen molar-refractivity contribution in [2.24, 2.45) is 10.8 Å². The maximum absolute atomic E-state index is 13.1. The first-order chi connectivity index (χ1) is 33.1. The number of Topliss-reactive ketones (excluding diaryl/α,β-unsaturated/α-hetero) is 3. The largest absolute Gasteiger partial charge is 0.463 e. The molecule has 0 aromatic carbocycles. The van der Waals surface area contributed by atoms with Crippen LogP contribution >= 0.6 is 0 Å². The van der Waals surface area contributed by atoms with Gasteiger partial charge in [0.05, 0.1) is 25.9 Å². The predicted octanol–water partition coefficient (Wildman–Crippen LogP) is 7.94.